The van der Waals surface area contributed by atoms with Crippen molar-refractivity contribution in [2.24, 2.45) is 17.8 Å². The first-order chi connectivity index (χ1) is 5.49. The van der Waals surface area contributed by atoms with Gasteiger partial charge in [-0.15, -0.1) is 0 Å². The predicted octanol–water partition coefficient (Wildman–Crippen LogP) is 1.41. The van der Waals surface area contributed by atoms with Crippen LogP contribution in [-0.2, 0) is 0 Å². The van der Waals surface area contributed by atoms with Crippen molar-refractivity contribution in [3.8, 4) is 0 Å². The Balaban J connectivity index is 2.69. The fourth-order valence-electron chi connectivity index (χ4n) is 2.44. The average molecular weight is 172 g/mol. The van der Waals surface area contributed by atoms with Gasteiger partial charge in [0.2, 0.25) is 0 Å². The maximum atomic E-state index is 9.91. The van der Waals surface area contributed by atoms with E-state index < -0.39 is 5.60 Å². The molecule has 2 heteroatoms. The third kappa shape index (κ3) is 1.64. The molecule has 0 aromatic rings. The maximum Gasteiger partial charge on any atom is 0.0672 e. The molecule has 0 spiro atoms. The third-order valence-corrected chi connectivity index (χ3v) is 3.35. The van der Waals surface area contributed by atoms with E-state index in [9.17, 15) is 5.11 Å². The molecule has 0 unspecified atom stereocenters. The van der Waals surface area contributed by atoms with Crippen molar-refractivity contribution in [1.29, 1.82) is 0 Å². The lowest BCUT2D eigenvalue weighted by Gasteiger charge is -2.29. The van der Waals surface area contributed by atoms with Gasteiger partial charge in [0.25, 0.3) is 0 Å². The van der Waals surface area contributed by atoms with Crippen molar-refractivity contribution in [3.63, 3.8) is 0 Å². The summed E-state index contributed by atoms with van der Waals surface area (Å²) in [4.78, 5) is 0. The smallest absolute Gasteiger partial charge is 0.0672 e. The molecule has 0 saturated heterocycles. The topological polar surface area (TPSA) is 40.5 Å². The van der Waals surface area contributed by atoms with Gasteiger partial charge in [-0.25, -0.2) is 0 Å². The highest BCUT2D eigenvalue weighted by atomic mass is 16.3. The molecular formula is C10H20O2. The Hall–Kier alpha value is -0.0800. The van der Waals surface area contributed by atoms with Gasteiger partial charge in [-0.05, 0) is 31.6 Å². The van der Waals surface area contributed by atoms with Crippen molar-refractivity contribution >= 4 is 0 Å². The lowest BCUT2D eigenvalue weighted by molar-refractivity contribution is -0.0202. The summed E-state index contributed by atoms with van der Waals surface area (Å²) in [5.41, 5.74) is -0.635. The van der Waals surface area contributed by atoms with Gasteiger partial charge >= 0.3 is 0 Å². The van der Waals surface area contributed by atoms with Gasteiger partial charge in [-0.3, -0.25) is 0 Å². The Bertz CT molecular complexity index is 152. The summed E-state index contributed by atoms with van der Waals surface area (Å²) in [7, 11) is 0. The van der Waals surface area contributed by atoms with Crippen molar-refractivity contribution in [2.45, 2.75) is 39.2 Å². The highest BCUT2D eigenvalue weighted by Crippen LogP contribution is 2.43. The van der Waals surface area contributed by atoms with E-state index in [4.69, 9.17) is 5.11 Å². The van der Waals surface area contributed by atoms with Gasteiger partial charge in [-0.2, -0.15) is 0 Å². The van der Waals surface area contributed by atoms with Crippen LogP contribution >= 0.6 is 0 Å². The Morgan fingerprint density at radius 2 is 2.08 bits per heavy atom. The van der Waals surface area contributed by atoms with Crippen molar-refractivity contribution in [1.82, 2.24) is 0 Å². The van der Waals surface area contributed by atoms with E-state index in [0.29, 0.717) is 11.8 Å². The number of aliphatic hydroxyl groups excluding tert-OH is 1. The summed E-state index contributed by atoms with van der Waals surface area (Å²) in [6.07, 6.45) is 1.89. The first kappa shape index (κ1) is 10.0. The average Bonchev–Trinajstić information content (AvgIpc) is 2.24. The van der Waals surface area contributed by atoms with Crippen molar-refractivity contribution in [3.05, 3.63) is 0 Å². The fourth-order valence-corrected chi connectivity index (χ4v) is 2.44. The van der Waals surface area contributed by atoms with Gasteiger partial charge in [0.1, 0.15) is 0 Å². The lowest BCUT2D eigenvalue weighted by Crippen LogP contribution is -2.35. The molecule has 1 rings (SSSR count). The van der Waals surface area contributed by atoms with E-state index in [2.05, 4.69) is 13.8 Å². The maximum absolute atomic E-state index is 9.91. The molecule has 1 fully saturated rings. The SMILES string of the molecule is CC(C)[C@H]1CC[C@@](C)(O)[C@@H]1CO. The molecule has 2 nitrogen and oxygen atoms in total. The Morgan fingerprint density at radius 3 is 2.42 bits per heavy atom. The van der Waals surface area contributed by atoms with Gasteiger partial charge < -0.3 is 10.2 Å². The highest BCUT2D eigenvalue weighted by Gasteiger charge is 2.44. The van der Waals surface area contributed by atoms with Crippen LogP contribution in [0.3, 0.4) is 0 Å². The van der Waals surface area contributed by atoms with Crippen LogP contribution in [0.15, 0.2) is 0 Å². The number of aliphatic hydroxyl groups is 2. The second-order valence-corrected chi connectivity index (χ2v) is 4.59. The molecule has 0 bridgehead atoms. The van der Waals surface area contributed by atoms with E-state index in [-0.39, 0.29) is 12.5 Å². The van der Waals surface area contributed by atoms with Crippen LogP contribution in [0.4, 0.5) is 0 Å². The second-order valence-electron chi connectivity index (χ2n) is 4.59. The van der Waals surface area contributed by atoms with E-state index >= 15 is 0 Å². The minimum absolute atomic E-state index is 0.0810. The Labute approximate surface area is 74.6 Å². The Kier molecular flexibility index (Phi) is 2.79. The molecule has 0 radical (unpaired) electrons. The molecule has 12 heavy (non-hydrogen) atoms. The summed E-state index contributed by atoms with van der Waals surface area (Å²) < 4.78 is 0. The monoisotopic (exact) mass is 172 g/mol. The minimum atomic E-state index is -0.635. The normalized spacial score (nSPS) is 42.5. The van der Waals surface area contributed by atoms with Crippen LogP contribution in [0.1, 0.15) is 33.6 Å². The molecule has 1 aliphatic carbocycles. The molecule has 0 aromatic carbocycles. The number of hydrogen-bond donors (Lipinski definition) is 2. The lowest BCUT2D eigenvalue weighted by atomic mass is 9.82. The quantitative estimate of drug-likeness (QED) is 0.661. The van der Waals surface area contributed by atoms with Gasteiger partial charge in [-0.1, -0.05) is 13.8 Å². The van der Waals surface area contributed by atoms with Crippen molar-refractivity contribution in [2.75, 3.05) is 6.61 Å². The van der Waals surface area contributed by atoms with E-state index in [1.165, 1.54) is 0 Å². The number of hydrogen-bond acceptors (Lipinski definition) is 2. The van der Waals surface area contributed by atoms with Crippen LogP contribution < -0.4 is 0 Å². The van der Waals surface area contributed by atoms with Gasteiger partial charge in [0, 0.05) is 12.5 Å². The fraction of sp³-hybridized carbons (Fsp3) is 1.00. The first-order valence-electron chi connectivity index (χ1n) is 4.82. The molecule has 2 N–H and O–H groups in total. The zero-order valence-electron chi connectivity index (χ0n) is 8.25. The molecule has 0 aromatic heterocycles. The molecule has 1 aliphatic rings. The summed E-state index contributed by atoms with van der Waals surface area (Å²) in [5, 5.41) is 19.1. The van der Waals surface area contributed by atoms with E-state index in [1.54, 1.807) is 0 Å². The third-order valence-electron chi connectivity index (χ3n) is 3.35. The molecule has 3 atom stereocenters. The van der Waals surface area contributed by atoms with E-state index in [1.807, 2.05) is 6.92 Å². The molecule has 72 valence electrons. The molecule has 0 aliphatic heterocycles. The molecule has 0 amide bonds. The largest absolute Gasteiger partial charge is 0.396 e. The first-order valence-corrected chi connectivity index (χ1v) is 4.82. The van der Waals surface area contributed by atoms with Crippen LogP contribution in [0, 0.1) is 17.8 Å². The van der Waals surface area contributed by atoms with Crippen LogP contribution in [0.25, 0.3) is 0 Å². The van der Waals surface area contributed by atoms with E-state index in [0.717, 1.165) is 12.8 Å². The van der Waals surface area contributed by atoms with Gasteiger partial charge in [0.15, 0.2) is 0 Å². The minimum Gasteiger partial charge on any atom is -0.396 e. The second kappa shape index (κ2) is 3.35. The standard InChI is InChI=1S/C10H20O2/c1-7(2)8-4-5-10(3,12)9(8)6-11/h7-9,11-12H,4-6H2,1-3H3/t8-,9-,10-/m1/s1. The summed E-state index contributed by atoms with van der Waals surface area (Å²) in [5.74, 6) is 1.14. The molecular weight excluding hydrogens is 152 g/mol. The molecule has 1 saturated carbocycles. The van der Waals surface area contributed by atoms with Crippen LogP contribution in [0.2, 0.25) is 0 Å². The van der Waals surface area contributed by atoms with Crippen LogP contribution in [-0.4, -0.2) is 22.4 Å². The number of rotatable bonds is 2. The highest BCUT2D eigenvalue weighted by molar-refractivity contribution is 4.94. The zero-order valence-corrected chi connectivity index (χ0v) is 8.25. The predicted molar refractivity (Wildman–Crippen MR) is 48.8 cm³/mol. The van der Waals surface area contributed by atoms with Crippen LogP contribution in [0.5, 0.6) is 0 Å². The zero-order chi connectivity index (χ0) is 9.35. The summed E-state index contributed by atoms with van der Waals surface area (Å²) in [6.45, 7) is 6.29. The van der Waals surface area contributed by atoms with Gasteiger partial charge in [0.05, 0.1) is 5.60 Å². The Morgan fingerprint density at radius 1 is 1.50 bits per heavy atom. The van der Waals surface area contributed by atoms with Crippen molar-refractivity contribution < 1.29 is 10.2 Å². The summed E-state index contributed by atoms with van der Waals surface area (Å²) in [6, 6.07) is 0. The summed E-state index contributed by atoms with van der Waals surface area (Å²) >= 11 is 0. The molecule has 0 heterocycles.